The molecule has 0 radical (unpaired) electrons. The molecule has 5 rings (SSSR count). The van der Waals surface area contributed by atoms with E-state index in [1.54, 1.807) is 17.0 Å². The summed E-state index contributed by atoms with van der Waals surface area (Å²) in [6.07, 6.45) is 3.49. The van der Waals surface area contributed by atoms with Gasteiger partial charge in [0.1, 0.15) is 0 Å². The number of hydrogen-bond acceptors (Lipinski definition) is 5. The Labute approximate surface area is 191 Å². The molecular formula is C24H23ClN4O3. The van der Waals surface area contributed by atoms with Crippen LogP contribution in [0.3, 0.4) is 0 Å². The maximum Gasteiger partial charge on any atom is 0.254 e. The predicted octanol–water partition coefficient (Wildman–Crippen LogP) is 4.32. The van der Waals surface area contributed by atoms with Crippen molar-refractivity contribution >= 4 is 23.4 Å². The third-order valence-corrected chi connectivity index (χ3v) is 6.11. The molecule has 7 nitrogen and oxygen atoms in total. The monoisotopic (exact) mass is 450 g/mol. The average Bonchev–Trinajstić information content (AvgIpc) is 3.41. The highest BCUT2D eigenvalue weighted by Gasteiger charge is 2.34. The Hall–Kier alpha value is -3.19. The third kappa shape index (κ3) is 4.53. The minimum atomic E-state index is -0.0532. The Morgan fingerprint density at radius 1 is 1.09 bits per heavy atom. The quantitative estimate of drug-likeness (QED) is 0.535. The van der Waals surface area contributed by atoms with Crippen LogP contribution in [-0.4, -0.2) is 44.4 Å². The van der Waals surface area contributed by atoms with Crippen molar-refractivity contribution in [1.29, 1.82) is 0 Å². The van der Waals surface area contributed by atoms with Gasteiger partial charge in [-0.1, -0.05) is 23.7 Å². The molecule has 3 aromatic rings. The van der Waals surface area contributed by atoms with Crippen LogP contribution in [0.4, 0.5) is 0 Å². The molecule has 0 atom stereocenters. The number of aromatic nitrogens is 2. The maximum absolute atomic E-state index is 13.2. The van der Waals surface area contributed by atoms with Crippen molar-refractivity contribution in [2.24, 2.45) is 0 Å². The molecule has 1 aromatic heterocycles. The first-order chi connectivity index (χ1) is 15.6. The Kier molecular flexibility index (Phi) is 5.66. The van der Waals surface area contributed by atoms with E-state index >= 15 is 0 Å². The molecule has 1 aliphatic heterocycles. The molecule has 0 N–H and O–H groups in total. The molecule has 8 heteroatoms. The Bertz CT molecular complexity index is 1120. The van der Waals surface area contributed by atoms with E-state index in [1.165, 1.54) is 0 Å². The number of amides is 2. The van der Waals surface area contributed by atoms with E-state index in [0.717, 1.165) is 36.9 Å². The normalized spacial score (nSPS) is 15.9. The molecule has 1 aliphatic carbocycles. The highest BCUT2D eigenvalue weighted by atomic mass is 35.5. The largest absolute Gasteiger partial charge is 0.419 e. The van der Waals surface area contributed by atoms with Crippen LogP contribution in [0.25, 0.3) is 11.5 Å². The summed E-state index contributed by atoms with van der Waals surface area (Å²) < 4.78 is 5.81. The fourth-order valence-corrected chi connectivity index (χ4v) is 4.06. The standard InChI is InChI=1S/C24H23ClN4O3/c25-19-9-7-17(8-10-19)23-27-26-21(32-23)15-29(20-11-12-20)24(31)18-5-3-16(4-6-18)14-28-13-1-2-22(28)30/h3-10,20H,1-2,11-15H2. The van der Waals surface area contributed by atoms with Crippen LogP contribution in [0.15, 0.2) is 52.9 Å². The molecule has 2 heterocycles. The molecule has 2 amide bonds. The molecule has 0 unspecified atom stereocenters. The van der Waals surface area contributed by atoms with Crippen LogP contribution in [0.2, 0.25) is 5.02 Å². The molecule has 0 bridgehead atoms. The number of carbonyl (C=O) groups is 2. The minimum absolute atomic E-state index is 0.0532. The van der Waals surface area contributed by atoms with Gasteiger partial charge < -0.3 is 14.2 Å². The maximum atomic E-state index is 13.2. The van der Waals surface area contributed by atoms with Crippen molar-refractivity contribution in [3.8, 4) is 11.5 Å². The fraction of sp³-hybridized carbons (Fsp3) is 0.333. The number of rotatable bonds is 7. The van der Waals surface area contributed by atoms with Gasteiger partial charge in [-0.2, -0.15) is 0 Å². The van der Waals surface area contributed by atoms with Gasteiger partial charge >= 0.3 is 0 Å². The second-order valence-corrected chi connectivity index (χ2v) is 8.72. The number of halogens is 1. The smallest absolute Gasteiger partial charge is 0.254 e. The van der Waals surface area contributed by atoms with Crippen LogP contribution in [-0.2, 0) is 17.9 Å². The summed E-state index contributed by atoms with van der Waals surface area (Å²) in [7, 11) is 0. The van der Waals surface area contributed by atoms with Crippen molar-refractivity contribution in [2.75, 3.05) is 6.54 Å². The van der Waals surface area contributed by atoms with Crippen LogP contribution in [0.1, 0.15) is 47.5 Å². The first-order valence-corrected chi connectivity index (χ1v) is 11.2. The summed E-state index contributed by atoms with van der Waals surface area (Å²) in [5, 5.41) is 8.89. The first kappa shape index (κ1) is 20.7. The van der Waals surface area contributed by atoms with Crippen molar-refractivity contribution in [2.45, 2.75) is 44.8 Å². The van der Waals surface area contributed by atoms with E-state index < -0.39 is 0 Å². The van der Waals surface area contributed by atoms with Gasteiger partial charge in [-0.3, -0.25) is 9.59 Å². The van der Waals surface area contributed by atoms with E-state index in [1.807, 2.05) is 41.3 Å². The minimum Gasteiger partial charge on any atom is -0.419 e. The summed E-state index contributed by atoms with van der Waals surface area (Å²) in [5.74, 6) is 0.949. The van der Waals surface area contributed by atoms with E-state index in [4.69, 9.17) is 16.0 Å². The number of carbonyl (C=O) groups excluding carboxylic acids is 2. The summed E-state index contributed by atoms with van der Waals surface area (Å²) in [6.45, 7) is 1.67. The SMILES string of the molecule is O=C1CCCN1Cc1ccc(C(=O)N(Cc2nnc(-c3ccc(Cl)cc3)o2)C2CC2)cc1. The van der Waals surface area contributed by atoms with Gasteiger partial charge in [-0.15, -0.1) is 10.2 Å². The lowest BCUT2D eigenvalue weighted by atomic mass is 10.1. The van der Waals surface area contributed by atoms with Crippen molar-refractivity contribution in [1.82, 2.24) is 20.0 Å². The zero-order valence-corrected chi connectivity index (χ0v) is 18.3. The average molecular weight is 451 g/mol. The van der Waals surface area contributed by atoms with Gasteiger partial charge in [0.05, 0.1) is 6.54 Å². The lowest BCUT2D eigenvalue weighted by Gasteiger charge is -2.21. The summed E-state index contributed by atoms with van der Waals surface area (Å²) in [4.78, 5) is 28.7. The third-order valence-electron chi connectivity index (χ3n) is 5.86. The molecule has 32 heavy (non-hydrogen) atoms. The van der Waals surface area contributed by atoms with Crippen molar-refractivity contribution in [3.05, 3.63) is 70.6 Å². The molecule has 2 fully saturated rings. The van der Waals surface area contributed by atoms with Crippen molar-refractivity contribution < 1.29 is 14.0 Å². The van der Waals surface area contributed by atoms with E-state index in [2.05, 4.69) is 10.2 Å². The number of nitrogens with zero attached hydrogens (tertiary/aromatic N) is 4. The van der Waals surface area contributed by atoms with Gasteiger partial charge in [0.2, 0.25) is 17.7 Å². The van der Waals surface area contributed by atoms with Gasteiger partial charge in [0.25, 0.3) is 5.91 Å². The number of hydrogen-bond donors (Lipinski definition) is 0. The lowest BCUT2D eigenvalue weighted by molar-refractivity contribution is -0.128. The van der Waals surface area contributed by atoms with E-state index in [9.17, 15) is 9.59 Å². The van der Waals surface area contributed by atoms with Gasteiger partial charge in [-0.05, 0) is 61.2 Å². The number of likely N-dealkylation sites (tertiary alicyclic amines) is 1. The van der Waals surface area contributed by atoms with E-state index in [0.29, 0.717) is 35.3 Å². The fourth-order valence-electron chi connectivity index (χ4n) is 3.94. The molecule has 164 valence electrons. The molecule has 1 saturated heterocycles. The molecule has 1 saturated carbocycles. The second kappa shape index (κ2) is 8.74. The van der Waals surface area contributed by atoms with Gasteiger partial charge in [0, 0.05) is 41.7 Å². The molecule has 2 aromatic carbocycles. The molecular weight excluding hydrogens is 428 g/mol. The van der Waals surface area contributed by atoms with Crippen LogP contribution >= 0.6 is 11.6 Å². The highest BCUT2D eigenvalue weighted by Crippen LogP contribution is 2.30. The second-order valence-electron chi connectivity index (χ2n) is 8.29. The Morgan fingerprint density at radius 3 is 2.50 bits per heavy atom. The van der Waals surface area contributed by atoms with E-state index in [-0.39, 0.29) is 24.4 Å². The predicted molar refractivity (Wildman–Crippen MR) is 119 cm³/mol. The summed E-state index contributed by atoms with van der Waals surface area (Å²) in [6, 6.07) is 14.9. The van der Waals surface area contributed by atoms with Gasteiger partial charge in [-0.25, -0.2) is 0 Å². The zero-order chi connectivity index (χ0) is 22.1. The van der Waals surface area contributed by atoms with Crippen LogP contribution in [0.5, 0.6) is 0 Å². The Balaban J connectivity index is 1.27. The van der Waals surface area contributed by atoms with Gasteiger partial charge in [0.15, 0.2) is 0 Å². The Morgan fingerprint density at radius 2 is 1.84 bits per heavy atom. The topological polar surface area (TPSA) is 79.5 Å². The highest BCUT2D eigenvalue weighted by molar-refractivity contribution is 6.30. The summed E-state index contributed by atoms with van der Waals surface area (Å²) in [5.41, 5.74) is 2.43. The first-order valence-electron chi connectivity index (χ1n) is 10.8. The molecule has 2 aliphatic rings. The molecule has 0 spiro atoms. The van der Waals surface area contributed by atoms with Crippen LogP contribution in [0, 0.1) is 0 Å². The van der Waals surface area contributed by atoms with Crippen molar-refractivity contribution in [3.63, 3.8) is 0 Å². The number of benzene rings is 2. The van der Waals surface area contributed by atoms with Crippen LogP contribution < -0.4 is 0 Å². The lowest BCUT2D eigenvalue weighted by Crippen LogP contribution is -2.32. The summed E-state index contributed by atoms with van der Waals surface area (Å²) >= 11 is 5.94. The zero-order valence-electron chi connectivity index (χ0n) is 17.5.